The summed E-state index contributed by atoms with van der Waals surface area (Å²) in [6.45, 7) is 7.39. The van der Waals surface area contributed by atoms with Crippen molar-refractivity contribution in [2.45, 2.75) is 61.3 Å². The molecule has 0 aromatic heterocycles. The van der Waals surface area contributed by atoms with Crippen LogP contribution >= 0.6 is 13.4 Å². The topological polar surface area (TPSA) is 121 Å². The van der Waals surface area contributed by atoms with Gasteiger partial charge in [-0.1, -0.05) is 61.3 Å². The second kappa shape index (κ2) is 22.3. The molecule has 0 amide bonds. The minimum atomic E-state index is -3.81. The van der Waals surface area contributed by atoms with Crippen molar-refractivity contribution in [3.63, 3.8) is 0 Å². The van der Waals surface area contributed by atoms with Crippen LogP contribution in [0.3, 0.4) is 0 Å². The van der Waals surface area contributed by atoms with Gasteiger partial charge >= 0.3 is 13.4 Å². The van der Waals surface area contributed by atoms with E-state index >= 15 is 0 Å². The standard InChI is InChI=1S/C4H10.2C3H8.2H3O3PS/c1-4(2)3;2*1-3-2;2*1-4(2,3)5/h4H,1-3H3;2*3H2,1-2H3;2*(H3,1,2,3,5). The Morgan fingerprint density at radius 1 is 0.650 bits per heavy atom. The highest BCUT2D eigenvalue weighted by Crippen LogP contribution is 2.26. The number of hydrogen-bond acceptors (Lipinski definition) is 2. The molecule has 0 saturated heterocycles. The molecule has 0 aliphatic heterocycles. The Morgan fingerprint density at radius 3 is 0.650 bits per heavy atom. The van der Waals surface area contributed by atoms with Gasteiger partial charge in [0, 0.05) is 0 Å². The zero-order valence-electron chi connectivity index (χ0n) is 13.4. The van der Waals surface area contributed by atoms with Crippen LogP contribution in [0.5, 0.6) is 0 Å². The van der Waals surface area contributed by atoms with Gasteiger partial charge < -0.3 is 29.4 Å². The molecule has 0 fully saturated rings. The predicted octanol–water partition coefficient (Wildman–Crippen LogP) is 2.87. The van der Waals surface area contributed by atoms with Crippen molar-refractivity contribution in [3.05, 3.63) is 0 Å². The second-order valence-electron chi connectivity index (χ2n) is 4.17. The smallest absolute Gasteiger partial charge is 0.319 e. The van der Waals surface area contributed by atoms with Gasteiger partial charge in [-0.05, 0) is 29.5 Å². The first-order chi connectivity index (χ1) is 8.56. The Morgan fingerprint density at radius 2 is 0.650 bits per heavy atom. The molecule has 0 aliphatic carbocycles. The molecule has 20 heavy (non-hydrogen) atoms. The maximum absolute atomic E-state index is 7.56. The zero-order chi connectivity index (χ0) is 18.0. The van der Waals surface area contributed by atoms with Crippen molar-refractivity contribution >= 4 is 37.1 Å². The highest BCUT2D eigenvalue weighted by atomic mass is 32.5. The Bertz CT molecular complexity index is 199. The summed E-state index contributed by atoms with van der Waals surface area (Å²) in [6, 6.07) is 0. The van der Waals surface area contributed by atoms with Crippen LogP contribution in [0.15, 0.2) is 0 Å². The van der Waals surface area contributed by atoms with E-state index in [1.807, 2.05) is 0 Å². The first-order valence-corrected chi connectivity index (χ1v) is 11.4. The van der Waals surface area contributed by atoms with Crippen LogP contribution in [0.4, 0.5) is 0 Å². The fourth-order valence-electron chi connectivity index (χ4n) is 0. The molecule has 0 heterocycles. The first-order valence-electron chi connectivity index (χ1n) is 6.13. The number of rotatable bonds is 0. The number of hydrogen-bond donors (Lipinski definition) is 6. The van der Waals surface area contributed by atoms with E-state index in [2.05, 4.69) is 72.1 Å². The second-order valence-corrected chi connectivity index (χ2v) is 9.17. The largest absolute Gasteiger partial charge is 0.325 e. The van der Waals surface area contributed by atoms with E-state index in [1.54, 1.807) is 0 Å². The van der Waals surface area contributed by atoms with Crippen LogP contribution in [0.1, 0.15) is 61.3 Å². The molecule has 0 aliphatic rings. The third-order valence-corrected chi connectivity index (χ3v) is 0. The highest BCUT2D eigenvalue weighted by molar-refractivity contribution is 8.06. The van der Waals surface area contributed by atoms with Gasteiger partial charge in [0.2, 0.25) is 0 Å². The molecule has 10 heteroatoms. The van der Waals surface area contributed by atoms with Crippen molar-refractivity contribution in [2.75, 3.05) is 0 Å². The lowest BCUT2D eigenvalue weighted by Gasteiger charge is -1.88. The monoisotopic (exact) mass is 374 g/mol. The van der Waals surface area contributed by atoms with E-state index in [0.717, 1.165) is 5.92 Å². The molecule has 0 atom stereocenters. The van der Waals surface area contributed by atoms with E-state index in [1.165, 1.54) is 12.8 Å². The maximum Gasteiger partial charge on any atom is 0.319 e. The molecule has 0 bridgehead atoms. The molecule has 0 unspecified atom stereocenters. The van der Waals surface area contributed by atoms with Crippen molar-refractivity contribution in [2.24, 2.45) is 5.92 Å². The Labute approximate surface area is 134 Å². The average Bonchev–Trinajstić information content (AvgIpc) is 1.96. The lowest BCUT2D eigenvalue weighted by Crippen LogP contribution is -1.66. The van der Waals surface area contributed by atoms with E-state index < -0.39 is 13.4 Å². The van der Waals surface area contributed by atoms with Crippen molar-refractivity contribution < 1.29 is 29.4 Å². The fourth-order valence-corrected chi connectivity index (χ4v) is 0. The van der Waals surface area contributed by atoms with Gasteiger partial charge in [0.25, 0.3) is 0 Å². The minimum absolute atomic E-state index is 0.833. The Kier molecular flexibility index (Phi) is 36.7. The van der Waals surface area contributed by atoms with Gasteiger partial charge in [-0.15, -0.1) is 0 Å². The quantitative estimate of drug-likeness (QED) is 0.358. The van der Waals surface area contributed by atoms with Gasteiger partial charge in [0.1, 0.15) is 0 Å². The van der Waals surface area contributed by atoms with E-state index in [9.17, 15) is 0 Å². The van der Waals surface area contributed by atoms with Crippen LogP contribution in [-0.4, -0.2) is 29.4 Å². The van der Waals surface area contributed by atoms with E-state index in [0.29, 0.717) is 0 Å². The third kappa shape index (κ3) is 5530. The molecule has 0 radical (unpaired) electrons. The highest BCUT2D eigenvalue weighted by Gasteiger charge is 1.92. The molecule has 0 aromatic carbocycles. The SMILES string of the molecule is CC(C)C.CCC.CCC.OP(O)(O)=S.OP(O)(O)=S. The van der Waals surface area contributed by atoms with E-state index in [-0.39, 0.29) is 0 Å². The van der Waals surface area contributed by atoms with E-state index in [4.69, 9.17) is 29.4 Å². The lowest BCUT2D eigenvalue weighted by atomic mass is 10.3. The molecular weight excluding hydrogens is 342 g/mol. The third-order valence-electron chi connectivity index (χ3n) is 0. The molecule has 6 nitrogen and oxygen atoms in total. The van der Waals surface area contributed by atoms with Gasteiger partial charge in [0.15, 0.2) is 0 Å². The van der Waals surface area contributed by atoms with Crippen molar-refractivity contribution in [1.29, 1.82) is 0 Å². The zero-order valence-corrected chi connectivity index (χ0v) is 16.8. The summed E-state index contributed by atoms with van der Waals surface area (Å²) in [5.74, 6) is 0.833. The summed E-state index contributed by atoms with van der Waals surface area (Å²) >= 11 is 7.21. The van der Waals surface area contributed by atoms with Gasteiger partial charge in [-0.3, -0.25) is 0 Å². The van der Waals surface area contributed by atoms with Crippen LogP contribution in [-0.2, 0) is 23.6 Å². The first kappa shape index (κ1) is 32.9. The van der Waals surface area contributed by atoms with Gasteiger partial charge in [0.05, 0.1) is 0 Å². The van der Waals surface area contributed by atoms with Crippen molar-refractivity contribution in [1.82, 2.24) is 0 Å². The fraction of sp³-hybridized carbons (Fsp3) is 1.00. The average molecular weight is 374 g/mol. The summed E-state index contributed by atoms with van der Waals surface area (Å²) in [4.78, 5) is 45.3. The van der Waals surface area contributed by atoms with Crippen LogP contribution < -0.4 is 0 Å². The molecule has 0 rings (SSSR count). The maximum atomic E-state index is 7.56. The van der Waals surface area contributed by atoms with Gasteiger partial charge in [-0.25, -0.2) is 0 Å². The summed E-state index contributed by atoms with van der Waals surface area (Å²) in [5, 5.41) is 0. The summed E-state index contributed by atoms with van der Waals surface area (Å²) in [5.41, 5.74) is 0. The lowest BCUT2D eigenvalue weighted by molar-refractivity contribution is 0.361. The molecule has 0 spiro atoms. The Hall–Kier alpha value is 1.06. The van der Waals surface area contributed by atoms with Gasteiger partial charge in [-0.2, -0.15) is 0 Å². The Balaban J connectivity index is -0.0000000478. The molecule has 0 saturated carbocycles. The van der Waals surface area contributed by atoms with Crippen LogP contribution in [0, 0.1) is 5.92 Å². The molecular formula is C10H32O6P2S2. The normalized spacial score (nSPS) is 9.50. The summed E-state index contributed by atoms with van der Waals surface area (Å²) in [7, 11) is 0. The van der Waals surface area contributed by atoms with Crippen molar-refractivity contribution in [3.8, 4) is 0 Å². The summed E-state index contributed by atoms with van der Waals surface area (Å²) in [6.07, 6.45) is 2.50. The molecule has 130 valence electrons. The van der Waals surface area contributed by atoms with Crippen LogP contribution in [0.2, 0.25) is 0 Å². The molecule has 6 N–H and O–H groups in total. The summed E-state index contributed by atoms with van der Waals surface area (Å²) < 4.78 is 0. The minimum Gasteiger partial charge on any atom is -0.325 e. The molecule has 0 aromatic rings. The van der Waals surface area contributed by atoms with Crippen LogP contribution in [0.25, 0.3) is 0 Å². The predicted molar refractivity (Wildman–Crippen MR) is 94.3 cm³/mol.